The summed E-state index contributed by atoms with van der Waals surface area (Å²) in [5.41, 5.74) is 0.606. The van der Waals surface area contributed by atoms with E-state index >= 15 is 0 Å². The van der Waals surface area contributed by atoms with Crippen LogP contribution in [0, 0.1) is 5.92 Å². The first-order chi connectivity index (χ1) is 9.52. The fraction of sp³-hybridized carbons (Fsp3) is 0.429. The molecular weight excluding hydrogens is 282 g/mol. The molecule has 1 aromatic carbocycles. The lowest BCUT2D eigenvalue weighted by molar-refractivity contribution is -0.136. The lowest BCUT2D eigenvalue weighted by Gasteiger charge is -2.22. The number of benzene rings is 1. The van der Waals surface area contributed by atoms with Crippen molar-refractivity contribution in [3.05, 3.63) is 23.2 Å². The van der Waals surface area contributed by atoms with Gasteiger partial charge in [0.05, 0.1) is 18.6 Å². The standard InChI is InChI=1S/C14H16ClNO4/c1-20-12-5-4-10(8-11(12)15)16(7-6-13(17)18)14(19)9-2-3-9/h4-5,8-9H,2-3,6-7H2,1H3,(H,17,18). The minimum Gasteiger partial charge on any atom is -0.495 e. The zero-order valence-electron chi connectivity index (χ0n) is 11.1. The number of aliphatic carboxylic acids is 1. The van der Waals surface area contributed by atoms with Crippen molar-refractivity contribution in [1.82, 2.24) is 0 Å². The van der Waals surface area contributed by atoms with Crippen molar-refractivity contribution < 1.29 is 19.4 Å². The summed E-state index contributed by atoms with van der Waals surface area (Å²) in [6, 6.07) is 5.01. The monoisotopic (exact) mass is 297 g/mol. The first kappa shape index (κ1) is 14.7. The summed E-state index contributed by atoms with van der Waals surface area (Å²) in [6.07, 6.45) is 1.64. The third-order valence-corrected chi connectivity index (χ3v) is 3.48. The number of hydrogen-bond acceptors (Lipinski definition) is 3. The molecule has 20 heavy (non-hydrogen) atoms. The molecule has 0 radical (unpaired) electrons. The Labute approximate surface area is 122 Å². The zero-order valence-corrected chi connectivity index (χ0v) is 11.9. The number of carbonyl (C=O) groups is 2. The van der Waals surface area contributed by atoms with Crippen LogP contribution in [-0.4, -0.2) is 30.6 Å². The van der Waals surface area contributed by atoms with E-state index in [-0.39, 0.29) is 24.8 Å². The molecule has 2 rings (SSSR count). The van der Waals surface area contributed by atoms with Gasteiger partial charge in [-0.15, -0.1) is 0 Å². The van der Waals surface area contributed by atoms with E-state index in [1.165, 1.54) is 12.0 Å². The predicted molar refractivity (Wildman–Crippen MR) is 75.3 cm³/mol. The number of methoxy groups -OCH3 is 1. The van der Waals surface area contributed by atoms with Gasteiger partial charge in [-0.1, -0.05) is 11.6 Å². The number of anilines is 1. The average molecular weight is 298 g/mol. The number of carboxylic acid groups (broad SMARTS) is 1. The minimum atomic E-state index is -0.932. The second kappa shape index (κ2) is 6.13. The van der Waals surface area contributed by atoms with Crippen molar-refractivity contribution >= 4 is 29.2 Å². The highest BCUT2D eigenvalue weighted by molar-refractivity contribution is 6.32. The van der Waals surface area contributed by atoms with Gasteiger partial charge >= 0.3 is 5.97 Å². The number of carboxylic acids is 1. The molecular formula is C14H16ClNO4. The van der Waals surface area contributed by atoms with Gasteiger partial charge in [-0.05, 0) is 31.0 Å². The summed E-state index contributed by atoms with van der Waals surface area (Å²) in [5.74, 6) is -0.428. The molecule has 1 amide bonds. The summed E-state index contributed by atoms with van der Waals surface area (Å²) in [4.78, 5) is 24.5. The zero-order chi connectivity index (χ0) is 14.7. The SMILES string of the molecule is COc1ccc(N(CCC(=O)O)C(=O)C2CC2)cc1Cl. The van der Waals surface area contributed by atoms with Crippen molar-refractivity contribution in [2.75, 3.05) is 18.6 Å². The smallest absolute Gasteiger partial charge is 0.305 e. The highest BCUT2D eigenvalue weighted by Gasteiger charge is 2.34. The van der Waals surface area contributed by atoms with Gasteiger partial charge < -0.3 is 14.7 Å². The molecule has 1 aromatic rings. The van der Waals surface area contributed by atoms with Crippen LogP contribution in [0.3, 0.4) is 0 Å². The highest BCUT2D eigenvalue weighted by Crippen LogP contribution is 2.35. The normalized spacial score (nSPS) is 13.9. The predicted octanol–water partition coefficient (Wildman–Crippen LogP) is 2.57. The summed E-state index contributed by atoms with van der Waals surface area (Å²) >= 11 is 6.06. The lowest BCUT2D eigenvalue weighted by atomic mass is 10.2. The van der Waals surface area contributed by atoms with E-state index in [1.807, 2.05) is 0 Å². The number of nitrogens with zero attached hydrogens (tertiary/aromatic N) is 1. The highest BCUT2D eigenvalue weighted by atomic mass is 35.5. The number of hydrogen-bond donors (Lipinski definition) is 1. The molecule has 0 aliphatic heterocycles. The second-order valence-corrected chi connectivity index (χ2v) is 5.13. The molecule has 1 saturated carbocycles. The Morgan fingerprint density at radius 3 is 2.65 bits per heavy atom. The molecule has 1 aliphatic rings. The molecule has 1 aliphatic carbocycles. The quantitative estimate of drug-likeness (QED) is 0.876. The molecule has 6 heteroatoms. The van der Waals surface area contributed by atoms with Gasteiger partial charge in [-0.2, -0.15) is 0 Å². The van der Waals surface area contributed by atoms with Crippen LogP contribution in [0.15, 0.2) is 18.2 Å². The molecule has 0 saturated heterocycles. The van der Waals surface area contributed by atoms with Crippen molar-refractivity contribution in [2.45, 2.75) is 19.3 Å². The van der Waals surface area contributed by atoms with Crippen LogP contribution in [0.4, 0.5) is 5.69 Å². The molecule has 1 N–H and O–H groups in total. The summed E-state index contributed by atoms with van der Waals surface area (Å²) in [6.45, 7) is 0.146. The third kappa shape index (κ3) is 3.42. The van der Waals surface area contributed by atoms with E-state index in [2.05, 4.69) is 0 Å². The molecule has 0 atom stereocenters. The maximum Gasteiger partial charge on any atom is 0.305 e. The van der Waals surface area contributed by atoms with E-state index in [9.17, 15) is 9.59 Å². The minimum absolute atomic E-state index is 0.0182. The first-order valence-corrected chi connectivity index (χ1v) is 6.77. The van der Waals surface area contributed by atoms with E-state index in [4.69, 9.17) is 21.4 Å². The van der Waals surface area contributed by atoms with Gasteiger partial charge in [0, 0.05) is 18.2 Å². The van der Waals surface area contributed by atoms with Crippen LogP contribution < -0.4 is 9.64 Å². The molecule has 0 bridgehead atoms. The Bertz CT molecular complexity index is 528. The van der Waals surface area contributed by atoms with Gasteiger partial charge in [0.1, 0.15) is 5.75 Å². The van der Waals surface area contributed by atoms with Crippen LogP contribution in [0.2, 0.25) is 5.02 Å². The largest absolute Gasteiger partial charge is 0.495 e. The summed E-state index contributed by atoms with van der Waals surface area (Å²) in [5, 5.41) is 9.20. The molecule has 0 aromatic heterocycles. The first-order valence-electron chi connectivity index (χ1n) is 6.39. The van der Waals surface area contributed by atoms with E-state index < -0.39 is 5.97 Å². The summed E-state index contributed by atoms with van der Waals surface area (Å²) < 4.78 is 5.07. The molecule has 0 heterocycles. The van der Waals surface area contributed by atoms with Gasteiger partial charge in [0.2, 0.25) is 5.91 Å². The second-order valence-electron chi connectivity index (χ2n) is 4.73. The maximum atomic E-state index is 12.2. The summed E-state index contributed by atoms with van der Waals surface area (Å²) in [7, 11) is 1.51. The Hall–Kier alpha value is -1.75. The van der Waals surface area contributed by atoms with Crippen molar-refractivity contribution in [1.29, 1.82) is 0 Å². The third-order valence-electron chi connectivity index (χ3n) is 3.19. The molecule has 108 valence electrons. The fourth-order valence-corrected chi connectivity index (χ4v) is 2.20. The van der Waals surface area contributed by atoms with E-state index in [1.54, 1.807) is 18.2 Å². The Morgan fingerprint density at radius 1 is 1.45 bits per heavy atom. The van der Waals surface area contributed by atoms with Gasteiger partial charge in [-0.3, -0.25) is 9.59 Å². The number of ether oxygens (including phenoxy) is 1. The van der Waals surface area contributed by atoms with Gasteiger partial charge in [-0.25, -0.2) is 0 Å². The van der Waals surface area contributed by atoms with Gasteiger partial charge in [0.25, 0.3) is 0 Å². The maximum absolute atomic E-state index is 12.2. The van der Waals surface area contributed by atoms with Crippen LogP contribution >= 0.6 is 11.6 Å². The molecule has 1 fully saturated rings. The average Bonchev–Trinajstić information content (AvgIpc) is 3.23. The number of rotatable bonds is 6. The van der Waals surface area contributed by atoms with Crippen molar-refractivity contribution in [2.24, 2.45) is 5.92 Å². The van der Waals surface area contributed by atoms with E-state index in [0.29, 0.717) is 16.5 Å². The Balaban J connectivity index is 2.22. The number of amides is 1. The molecule has 0 spiro atoms. The Morgan fingerprint density at radius 2 is 2.15 bits per heavy atom. The number of carbonyl (C=O) groups excluding carboxylic acids is 1. The van der Waals surface area contributed by atoms with Crippen molar-refractivity contribution in [3.8, 4) is 5.75 Å². The topological polar surface area (TPSA) is 66.8 Å². The van der Waals surface area contributed by atoms with Crippen LogP contribution in [0.1, 0.15) is 19.3 Å². The van der Waals surface area contributed by atoms with Gasteiger partial charge in [0.15, 0.2) is 0 Å². The van der Waals surface area contributed by atoms with Crippen LogP contribution in [0.5, 0.6) is 5.75 Å². The van der Waals surface area contributed by atoms with Crippen molar-refractivity contribution in [3.63, 3.8) is 0 Å². The fourth-order valence-electron chi connectivity index (χ4n) is 1.95. The molecule has 0 unspecified atom stereocenters. The lowest BCUT2D eigenvalue weighted by Crippen LogP contribution is -2.34. The van der Waals surface area contributed by atoms with Crippen LogP contribution in [-0.2, 0) is 9.59 Å². The number of halogens is 1. The van der Waals surface area contributed by atoms with E-state index in [0.717, 1.165) is 12.8 Å². The Kier molecular flexibility index (Phi) is 4.49. The molecule has 5 nitrogen and oxygen atoms in total. The van der Waals surface area contributed by atoms with Crippen LogP contribution in [0.25, 0.3) is 0 Å².